The highest BCUT2D eigenvalue weighted by atomic mass is 15.3. The molecule has 3 nitrogen and oxygen atoms in total. The highest BCUT2D eigenvalue weighted by Crippen LogP contribution is 2.29. The molecule has 0 spiro atoms. The Labute approximate surface area is 122 Å². The van der Waals surface area contributed by atoms with Crippen LogP contribution in [0.3, 0.4) is 0 Å². The van der Waals surface area contributed by atoms with E-state index in [0.29, 0.717) is 12.1 Å². The van der Waals surface area contributed by atoms with Crippen LogP contribution in [0.25, 0.3) is 0 Å². The maximum absolute atomic E-state index is 6.18. The summed E-state index contributed by atoms with van der Waals surface area (Å²) in [4.78, 5) is 0. The average Bonchev–Trinajstić information content (AvgIpc) is 2.83. The van der Waals surface area contributed by atoms with Gasteiger partial charge in [0, 0.05) is 12.2 Å². The van der Waals surface area contributed by atoms with Crippen molar-refractivity contribution in [1.82, 2.24) is 9.78 Å². The lowest BCUT2D eigenvalue weighted by Gasteiger charge is -2.22. The maximum Gasteiger partial charge on any atom is 0.0627 e. The first-order chi connectivity index (χ1) is 9.81. The molecular weight excluding hydrogens is 246 g/mol. The minimum atomic E-state index is 0.419. The molecule has 20 heavy (non-hydrogen) atoms. The lowest BCUT2D eigenvalue weighted by atomic mass is 9.93. The Kier molecular flexibility index (Phi) is 4.77. The molecule has 3 heteroatoms. The fourth-order valence-electron chi connectivity index (χ4n) is 4.02. The van der Waals surface area contributed by atoms with E-state index in [2.05, 4.69) is 16.9 Å². The van der Waals surface area contributed by atoms with Gasteiger partial charge in [0.25, 0.3) is 0 Å². The standard InChI is InChI=1S/C17H29N3/c18-15-7-5-4-6-14(12-15)13-16-10-11-20(19-16)17-8-2-1-3-9-17/h10-11,14-15,17H,1-9,12-13,18H2. The van der Waals surface area contributed by atoms with Gasteiger partial charge in [0.15, 0.2) is 0 Å². The van der Waals surface area contributed by atoms with E-state index in [-0.39, 0.29) is 0 Å². The molecule has 2 aliphatic rings. The van der Waals surface area contributed by atoms with Crippen LogP contribution in [0.4, 0.5) is 0 Å². The van der Waals surface area contributed by atoms with E-state index in [9.17, 15) is 0 Å². The first-order valence-electron chi connectivity index (χ1n) is 8.61. The fraction of sp³-hybridized carbons (Fsp3) is 0.824. The highest BCUT2D eigenvalue weighted by molar-refractivity contribution is 5.02. The van der Waals surface area contributed by atoms with Crippen molar-refractivity contribution in [3.63, 3.8) is 0 Å². The summed E-state index contributed by atoms with van der Waals surface area (Å²) in [6, 6.07) is 3.32. The summed E-state index contributed by atoms with van der Waals surface area (Å²) in [5.41, 5.74) is 7.46. The van der Waals surface area contributed by atoms with Crippen molar-refractivity contribution < 1.29 is 0 Å². The van der Waals surface area contributed by atoms with Crippen molar-refractivity contribution in [2.45, 2.75) is 82.7 Å². The second kappa shape index (κ2) is 6.75. The summed E-state index contributed by atoms with van der Waals surface area (Å²) in [7, 11) is 0. The van der Waals surface area contributed by atoms with Crippen LogP contribution in [-0.2, 0) is 6.42 Å². The second-order valence-corrected chi connectivity index (χ2v) is 6.93. The van der Waals surface area contributed by atoms with E-state index in [1.54, 1.807) is 0 Å². The molecule has 0 radical (unpaired) electrons. The topological polar surface area (TPSA) is 43.8 Å². The third-order valence-electron chi connectivity index (χ3n) is 5.18. The van der Waals surface area contributed by atoms with Gasteiger partial charge in [0.1, 0.15) is 0 Å². The van der Waals surface area contributed by atoms with Gasteiger partial charge < -0.3 is 5.73 Å². The van der Waals surface area contributed by atoms with Gasteiger partial charge in [-0.1, -0.05) is 38.5 Å². The number of nitrogens with zero attached hydrogens (tertiary/aromatic N) is 2. The quantitative estimate of drug-likeness (QED) is 0.852. The summed E-state index contributed by atoms with van der Waals surface area (Å²) in [5, 5.41) is 4.86. The smallest absolute Gasteiger partial charge is 0.0627 e. The van der Waals surface area contributed by atoms with Gasteiger partial charge in [-0.3, -0.25) is 4.68 Å². The number of hydrogen-bond acceptors (Lipinski definition) is 2. The minimum Gasteiger partial charge on any atom is -0.328 e. The zero-order valence-electron chi connectivity index (χ0n) is 12.6. The Balaban J connectivity index is 1.58. The van der Waals surface area contributed by atoms with Gasteiger partial charge in [-0.05, 0) is 44.1 Å². The number of aromatic nitrogens is 2. The van der Waals surface area contributed by atoms with Crippen molar-refractivity contribution in [2.24, 2.45) is 11.7 Å². The van der Waals surface area contributed by atoms with Crippen LogP contribution in [0, 0.1) is 5.92 Å². The molecule has 2 N–H and O–H groups in total. The van der Waals surface area contributed by atoms with Crippen molar-refractivity contribution in [3.05, 3.63) is 18.0 Å². The van der Waals surface area contributed by atoms with Crippen molar-refractivity contribution in [2.75, 3.05) is 0 Å². The van der Waals surface area contributed by atoms with Crippen LogP contribution in [0.5, 0.6) is 0 Å². The summed E-state index contributed by atoms with van der Waals surface area (Å²) in [6.07, 6.45) is 16.5. The van der Waals surface area contributed by atoms with Crippen molar-refractivity contribution >= 4 is 0 Å². The van der Waals surface area contributed by atoms with Crippen LogP contribution >= 0.6 is 0 Å². The average molecular weight is 275 g/mol. The minimum absolute atomic E-state index is 0.419. The van der Waals surface area contributed by atoms with E-state index in [0.717, 1.165) is 12.3 Å². The molecule has 112 valence electrons. The Morgan fingerprint density at radius 1 is 1.05 bits per heavy atom. The molecule has 1 aromatic heterocycles. The molecule has 0 aromatic carbocycles. The van der Waals surface area contributed by atoms with Crippen molar-refractivity contribution in [3.8, 4) is 0 Å². The predicted molar refractivity (Wildman–Crippen MR) is 82.6 cm³/mol. The van der Waals surface area contributed by atoms with Gasteiger partial charge in [-0.2, -0.15) is 5.10 Å². The van der Waals surface area contributed by atoms with Crippen LogP contribution in [-0.4, -0.2) is 15.8 Å². The third kappa shape index (κ3) is 3.63. The monoisotopic (exact) mass is 275 g/mol. The molecule has 2 atom stereocenters. The van der Waals surface area contributed by atoms with Crippen molar-refractivity contribution in [1.29, 1.82) is 0 Å². The molecule has 0 amide bonds. The molecule has 2 aliphatic carbocycles. The Bertz CT molecular complexity index is 406. The summed E-state index contributed by atoms with van der Waals surface area (Å²) < 4.78 is 2.24. The zero-order chi connectivity index (χ0) is 13.8. The van der Waals surface area contributed by atoms with Gasteiger partial charge in [-0.25, -0.2) is 0 Å². The normalized spacial score (nSPS) is 29.2. The molecule has 0 saturated heterocycles. The lowest BCUT2D eigenvalue weighted by molar-refractivity contribution is 0.326. The summed E-state index contributed by atoms with van der Waals surface area (Å²) in [5.74, 6) is 0.752. The Morgan fingerprint density at radius 3 is 2.65 bits per heavy atom. The third-order valence-corrected chi connectivity index (χ3v) is 5.18. The molecule has 3 rings (SSSR count). The largest absolute Gasteiger partial charge is 0.328 e. The van der Waals surface area contributed by atoms with Gasteiger partial charge >= 0.3 is 0 Å². The maximum atomic E-state index is 6.18. The molecule has 2 fully saturated rings. The molecular formula is C17H29N3. The number of rotatable bonds is 3. The van der Waals surface area contributed by atoms with E-state index in [1.807, 2.05) is 0 Å². The fourth-order valence-corrected chi connectivity index (χ4v) is 4.02. The molecule has 1 aromatic rings. The van der Waals surface area contributed by atoms with Gasteiger partial charge in [-0.15, -0.1) is 0 Å². The van der Waals surface area contributed by atoms with Gasteiger partial charge in [0.05, 0.1) is 11.7 Å². The van der Waals surface area contributed by atoms with Crippen LogP contribution in [0.15, 0.2) is 12.3 Å². The van der Waals surface area contributed by atoms with Crippen LogP contribution in [0.2, 0.25) is 0 Å². The van der Waals surface area contributed by atoms with E-state index >= 15 is 0 Å². The zero-order valence-corrected chi connectivity index (χ0v) is 12.6. The predicted octanol–water partition coefficient (Wildman–Crippen LogP) is 3.84. The van der Waals surface area contributed by atoms with Crippen LogP contribution < -0.4 is 5.73 Å². The molecule has 1 heterocycles. The van der Waals surface area contributed by atoms with Crippen LogP contribution in [0.1, 0.15) is 75.9 Å². The molecule has 2 saturated carbocycles. The summed E-state index contributed by atoms with van der Waals surface area (Å²) >= 11 is 0. The number of nitrogens with two attached hydrogens (primary N) is 1. The number of hydrogen-bond donors (Lipinski definition) is 1. The molecule has 2 unspecified atom stereocenters. The Hall–Kier alpha value is -0.830. The van der Waals surface area contributed by atoms with E-state index in [4.69, 9.17) is 10.8 Å². The van der Waals surface area contributed by atoms with Gasteiger partial charge in [0.2, 0.25) is 0 Å². The second-order valence-electron chi connectivity index (χ2n) is 6.93. The summed E-state index contributed by atoms with van der Waals surface area (Å²) in [6.45, 7) is 0. The Morgan fingerprint density at radius 2 is 1.80 bits per heavy atom. The first-order valence-corrected chi connectivity index (χ1v) is 8.61. The molecule has 0 bridgehead atoms. The van der Waals surface area contributed by atoms with E-state index in [1.165, 1.54) is 69.9 Å². The molecule has 0 aliphatic heterocycles. The SMILES string of the molecule is NC1CCCCC(Cc2ccn(C3CCCCC3)n2)C1. The highest BCUT2D eigenvalue weighted by Gasteiger charge is 2.20. The van der Waals surface area contributed by atoms with E-state index < -0.39 is 0 Å². The lowest BCUT2D eigenvalue weighted by Crippen LogP contribution is -2.22. The first kappa shape index (κ1) is 14.1.